The minimum absolute atomic E-state index is 0.00833. The SMILES string of the molecule is Cc1cc(C(F)(F)F)cc(O)c1-c1cncn([C@H]2CCCC[C@@H]2O)c1=O. The molecular formula is C18H19F3N2O3. The predicted octanol–water partition coefficient (Wildman–Crippen LogP) is 3.42. The zero-order chi connectivity index (χ0) is 19.1. The Morgan fingerprint density at radius 2 is 1.92 bits per heavy atom. The fourth-order valence-electron chi connectivity index (χ4n) is 3.53. The number of hydrogen-bond acceptors (Lipinski definition) is 4. The van der Waals surface area contributed by atoms with Crippen molar-refractivity contribution < 1.29 is 23.4 Å². The molecule has 0 aliphatic heterocycles. The number of aliphatic hydroxyl groups is 1. The molecule has 1 saturated carbocycles. The third-order valence-electron chi connectivity index (χ3n) is 4.82. The van der Waals surface area contributed by atoms with Gasteiger partial charge in [-0.25, -0.2) is 4.98 Å². The van der Waals surface area contributed by atoms with Gasteiger partial charge in [0.25, 0.3) is 5.56 Å². The van der Waals surface area contributed by atoms with Crippen LogP contribution < -0.4 is 5.56 Å². The highest BCUT2D eigenvalue weighted by Gasteiger charge is 2.32. The molecule has 8 heteroatoms. The summed E-state index contributed by atoms with van der Waals surface area (Å²) in [5, 5.41) is 20.3. The molecule has 2 N–H and O–H groups in total. The minimum Gasteiger partial charge on any atom is -0.507 e. The number of halogens is 3. The normalized spacial score (nSPS) is 21.0. The van der Waals surface area contributed by atoms with Crippen LogP contribution in [0.2, 0.25) is 0 Å². The Morgan fingerprint density at radius 1 is 1.23 bits per heavy atom. The first-order chi connectivity index (χ1) is 12.2. The second kappa shape index (κ2) is 6.75. The maximum absolute atomic E-state index is 12.9. The van der Waals surface area contributed by atoms with Gasteiger partial charge in [0, 0.05) is 11.8 Å². The van der Waals surface area contributed by atoms with Gasteiger partial charge in [0.15, 0.2) is 0 Å². The van der Waals surface area contributed by atoms with Gasteiger partial charge in [0.1, 0.15) is 5.75 Å². The Kier molecular flexibility index (Phi) is 4.79. The topological polar surface area (TPSA) is 75.3 Å². The molecule has 26 heavy (non-hydrogen) atoms. The van der Waals surface area contributed by atoms with Gasteiger partial charge in [-0.3, -0.25) is 9.36 Å². The number of aliphatic hydroxyl groups excluding tert-OH is 1. The number of aromatic hydroxyl groups is 1. The monoisotopic (exact) mass is 368 g/mol. The number of aryl methyl sites for hydroxylation is 1. The van der Waals surface area contributed by atoms with Crippen LogP contribution in [-0.2, 0) is 6.18 Å². The van der Waals surface area contributed by atoms with Crippen molar-refractivity contribution in [3.8, 4) is 16.9 Å². The quantitative estimate of drug-likeness (QED) is 0.852. The number of hydrogen-bond donors (Lipinski definition) is 2. The van der Waals surface area contributed by atoms with Gasteiger partial charge in [0.05, 0.1) is 29.6 Å². The molecule has 0 radical (unpaired) electrons. The lowest BCUT2D eigenvalue weighted by Crippen LogP contribution is -2.35. The van der Waals surface area contributed by atoms with Crippen molar-refractivity contribution in [2.45, 2.75) is 50.9 Å². The molecule has 1 aromatic carbocycles. The molecule has 5 nitrogen and oxygen atoms in total. The van der Waals surface area contributed by atoms with E-state index in [1.54, 1.807) is 0 Å². The lowest BCUT2D eigenvalue weighted by Gasteiger charge is -2.29. The molecule has 1 aromatic heterocycles. The van der Waals surface area contributed by atoms with Crippen LogP contribution in [0.5, 0.6) is 5.75 Å². The standard InChI is InChI=1S/C18H19F3N2O3/c1-10-6-11(18(19,20)21)7-15(25)16(10)12-8-22-9-23(17(12)26)13-4-2-3-5-14(13)24/h6-9,13-14,24-25H,2-5H2,1H3/t13-,14-/m0/s1. The van der Waals surface area contributed by atoms with Crippen molar-refractivity contribution in [3.05, 3.63) is 46.1 Å². The highest BCUT2D eigenvalue weighted by molar-refractivity contribution is 5.73. The van der Waals surface area contributed by atoms with Crippen molar-refractivity contribution in [2.24, 2.45) is 0 Å². The number of rotatable bonds is 2. The summed E-state index contributed by atoms with van der Waals surface area (Å²) in [5.74, 6) is -0.627. The fraction of sp³-hybridized carbons (Fsp3) is 0.444. The van der Waals surface area contributed by atoms with E-state index < -0.39 is 35.2 Å². The van der Waals surface area contributed by atoms with Gasteiger partial charge < -0.3 is 10.2 Å². The average Bonchev–Trinajstić information content (AvgIpc) is 2.55. The molecule has 2 aromatic rings. The summed E-state index contributed by atoms with van der Waals surface area (Å²) < 4.78 is 40.0. The van der Waals surface area contributed by atoms with Crippen molar-refractivity contribution in [1.29, 1.82) is 0 Å². The van der Waals surface area contributed by atoms with Crippen molar-refractivity contribution >= 4 is 0 Å². The van der Waals surface area contributed by atoms with Crippen LogP contribution in [0, 0.1) is 6.92 Å². The van der Waals surface area contributed by atoms with Crippen molar-refractivity contribution in [2.75, 3.05) is 0 Å². The van der Waals surface area contributed by atoms with Crippen LogP contribution in [0.1, 0.15) is 42.9 Å². The first-order valence-electron chi connectivity index (χ1n) is 8.35. The molecule has 0 saturated heterocycles. The highest BCUT2D eigenvalue weighted by Crippen LogP contribution is 2.38. The van der Waals surface area contributed by atoms with E-state index in [0.29, 0.717) is 18.9 Å². The van der Waals surface area contributed by atoms with Gasteiger partial charge in [0.2, 0.25) is 0 Å². The Bertz CT molecular complexity index is 854. The largest absolute Gasteiger partial charge is 0.507 e. The van der Waals surface area contributed by atoms with E-state index in [9.17, 15) is 28.2 Å². The molecule has 2 atom stereocenters. The molecule has 1 aliphatic carbocycles. The van der Waals surface area contributed by atoms with Crippen LogP contribution in [0.4, 0.5) is 13.2 Å². The van der Waals surface area contributed by atoms with Gasteiger partial charge in [-0.05, 0) is 37.5 Å². The lowest BCUT2D eigenvalue weighted by molar-refractivity contribution is -0.137. The van der Waals surface area contributed by atoms with Crippen molar-refractivity contribution in [1.82, 2.24) is 9.55 Å². The fourth-order valence-corrected chi connectivity index (χ4v) is 3.53. The molecule has 0 bridgehead atoms. The summed E-state index contributed by atoms with van der Waals surface area (Å²) in [6, 6.07) is 1.07. The second-order valence-electron chi connectivity index (χ2n) is 6.62. The van der Waals surface area contributed by atoms with Crippen LogP contribution in [0.25, 0.3) is 11.1 Å². The van der Waals surface area contributed by atoms with E-state index >= 15 is 0 Å². The molecule has 0 spiro atoms. The van der Waals surface area contributed by atoms with E-state index in [0.717, 1.165) is 18.9 Å². The van der Waals surface area contributed by atoms with Gasteiger partial charge in [-0.15, -0.1) is 0 Å². The Balaban J connectivity index is 2.11. The summed E-state index contributed by atoms with van der Waals surface area (Å²) in [6.45, 7) is 1.40. The summed E-state index contributed by atoms with van der Waals surface area (Å²) in [5.41, 5.74) is -1.32. The Morgan fingerprint density at radius 3 is 2.54 bits per heavy atom. The zero-order valence-corrected chi connectivity index (χ0v) is 14.1. The predicted molar refractivity (Wildman–Crippen MR) is 88.8 cm³/mol. The molecule has 1 aliphatic rings. The third-order valence-corrected chi connectivity index (χ3v) is 4.82. The van der Waals surface area contributed by atoms with E-state index in [2.05, 4.69) is 4.98 Å². The maximum Gasteiger partial charge on any atom is 0.416 e. The van der Waals surface area contributed by atoms with Crippen LogP contribution >= 0.6 is 0 Å². The summed E-state index contributed by atoms with van der Waals surface area (Å²) >= 11 is 0. The number of benzene rings is 1. The Hall–Kier alpha value is -2.35. The molecule has 1 heterocycles. The molecule has 3 rings (SSSR count). The van der Waals surface area contributed by atoms with Gasteiger partial charge >= 0.3 is 6.18 Å². The van der Waals surface area contributed by atoms with E-state index in [1.165, 1.54) is 24.0 Å². The molecular weight excluding hydrogens is 349 g/mol. The van der Waals surface area contributed by atoms with Crippen LogP contribution in [0.3, 0.4) is 0 Å². The first kappa shape index (κ1) is 18.4. The van der Waals surface area contributed by atoms with E-state index in [1.807, 2.05) is 0 Å². The number of phenolic OH excluding ortho intramolecular Hbond substituents is 1. The molecule has 0 amide bonds. The molecule has 0 unspecified atom stereocenters. The molecule has 140 valence electrons. The summed E-state index contributed by atoms with van der Waals surface area (Å²) in [6.07, 6.45) is 0.199. The minimum atomic E-state index is -4.60. The number of nitrogens with zero attached hydrogens (tertiary/aromatic N) is 2. The van der Waals surface area contributed by atoms with Gasteiger partial charge in [-0.1, -0.05) is 12.8 Å². The number of aromatic nitrogens is 2. The average molecular weight is 368 g/mol. The lowest BCUT2D eigenvalue weighted by atomic mass is 9.92. The van der Waals surface area contributed by atoms with Crippen LogP contribution in [-0.4, -0.2) is 25.9 Å². The van der Waals surface area contributed by atoms with E-state index in [-0.39, 0.29) is 16.7 Å². The smallest absolute Gasteiger partial charge is 0.416 e. The zero-order valence-electron chi connectivity index (χ0n) is 14.1. The van der Waals surface area contributed by atoms with E-state index in [4.69, 9.17) is 0 Å². The van der Waals surface area contributed by atoms with Crippen LogP contribution in [0.15, 0.2) is 29.5 Å². The summed E-state index contributed by atoms with van der Waals surface area (Å²) in [4.78, 5) is 16.9. The highest BCUT2D eigenvalue weighted by atomic mass is 19.4. The Labute approximate surface area is 147 Å². The number of alkyl halides is 3. The number of phenols is 1. The second-order valence-corrected chi connectivity index (χ2v) is 6.62. The van der Waals surface area contributed by atoms with Crippen molar-refractivity contribution in [3.63, 3.8) is 0 Å². The first-order valence-corrected chi connectivity index (χ1v) is 8.35. The molecule has 1 fully saturated rings. The maximum atomic E-state index is 12.9. The van der Waals surface area contributed by atoms with Gasteiger partial charge in [-0.2, -0.15) is 13.2 Å². The third kappa shape index (κ3) is 3.33. The summed E-state index contributed by atoms with van der Waals surface area (Å²) in [7, 11) is 0.